The summed E-state index contributed by atoms with van der Waals surface area (Å²) in [5.74, 6) is 1.60. The molecule has 3 aromatic rings. The van der Waals surface area contributed by atoms with Gasteiger partial charge < -0.3 is 5.32 Å². The van der Waals surface area contributed by atoms with Crippen LogP contribution in [0.15, 0.2) is 54.9 Å². The molecule has 0 aliphatic carbocycles. The standard InChI is InChI=1S/C24H30N4O/c1-17(2)13-20-7-10-22(25-15-20)16-28-12-11-23(27-28)26-24(29)14-19-5-8-21(9-6-19)18(3)4/h5-12,15,17-18H,13-14,16H2,1-4H3,(H,26,27,29). The van der Waals surface area contributed by atoms with Gasteiger partial charge in [0.1, 0.15) is 0 Å². The van der Waals surface area contributed by atoms with Crippen LogP contribution >= 0.6 is 0 Å². The molecule has 1 aromatic carbocycles. The van der Waals surface area contributed by atoms with Crippen LogP contribution in [0.25, 0.3) is 0 Å². The summed E-state index contributed by atoms with van der Waals surface area (Å²) in [5, 5.41) is 7.31. The van der Waals surface area contributed by atoms with Crippen LogP contribution in [0, 0.1) is 5.92 Å². The van der Waals surface area contributed by atoms with Gasteiger partial charge in [0.2, 0.25) is 5.91 Å². The van der Waals surface area contributed by atoms with Crippen molar-refractivity contribution >= 4 is 11.7 Å². The van der Waals surface area contributed by atoms with Gasteiger partial charge in [-0.2, -0.15) is 5.10 Å². The van der Waals surface area contributed by atoms with Crippen molar-refractivity contribution in [1.82, 2.24) is 14.8 Å². The summed E-state index contributed by atoms with van der Waals surface area (Å²) in [4.78, 5) is 16.8. The zero-order chi connectivity index (χ0) is 20.8. The van der Waals surface area contributed by atoms with Crippen LogP contribution in [-0.4, -0.2) is 20.7 Å². The number of aromatic nitrogens is 3. The number of benzene rings is 1. The van der Waals surface area contributed by atoms with Crippen molar-refractivity contribution < 1.29 is 4.79 Å². The van der Waals surface area contributed by atoms with Crippen molar-refractivity contribution in [2.75, 3.05) is 5.32 Å². The topological polar surface area (TPSA) is 59.8 Å². The molecular formula is C24H30N4O. The molecule has 1 amide bonds. The molecule has 0 unspecified atom stereocenters. The van der Waals surface area contributed by atoms with Crippen molar-refractivity contribution in [3.63, 3.8) is 0 Å². The zero-order valence-electron chi connectivity index (χ0n) is 17.7. The molecule has 1 N–H and O–H groups in total. The Morgan fingerprint density at radius 3 is 2.34 bits per heavy atom. The van der Waals surface area contributed by atoms with E-state index in [1.54, 1.807) is 4.68 Å². The minimum absolute atomic E-state index is 0.0660. The molecule has 0 saturated carbocycles. The Labute approximate surface area is 173 Å². The Kier molecular flexibility index (Phi) is 6.81. The van der Waals surface area contributed by atoms with E-state index in [2.05, 4.69) is 61.3 Å². The number of pyridine rings is 1. The lowest BCUT2D eigenvalue weighted by atomic mass is 10.0. The molecule has 0 spiro atoms. The first-order chi connectivity index (χ1) is 13.9. The van der Waals surface area contributed by atoms with E-state index in [9.17, 15) is 4.79 Å². The Morgan fingerprint density at radius 2 is 1.72 bits per heavy atom. The molecule has 5 heteroatoms. The molecule has 0 fully saturated rings. The molecule has 0 saturated heterocycles. The molecule has 5 nitrogen and oxygen atoms in total. The minimum Gasteiger partial charge on any atom is -0.309 e. The molecule has 2 heterocycles. The fraction of sp³-hybridized carbons (Fsp3) is 0.375. The van der Waals surface area contributed by atoms with Crippen LogP contribution in [0.2, 0.25) is 0 Å². The number of carbonyl (C=O) groups excluding carboxylic acids is 1. The highest BCUT2D eigenvalue weighted by Gasteiger charge is 2.08. The van der Waals surface area contributed by atoms with E-state index >= 15 is 0 Å². The molecule has 0 radical (unpaired) electrons. The van der Waals surface area contributed by atoms with Crippen LogP contribution in [0.4, 0.5) is 5.82 Å². The Bertz CT molecular complexity index is 924. The van der Waals surface area contributed by atoms with E-state index in [0.29, 0.717) is 30.6 Å². The number of amides is 1. The van der Waals surface area contributed by atoms with Crippen LogP contribution in [0.1, 0.15) is 56.0 Å². The summed E-state index contributed by atoms with van der Waals surface area (Å²) in [7, 11) is 0. The first kappa shape index (κ1) is 20.8. The van der Waals surface area contributed by atoms with E-state index in [0.717, 1.165) is 17.7 Å². The largest absolute Gasteiger partial charge is 0.309 e. The van der Waals surface area contributed by atoms with Gasteiger partial charge in [-0.05, 0) is 41.0 Å². The lowest BCUT2D eigenvalue weighted by Crippen LogP contribution is -2.15. The van der Waals surface area contributed by atoms with Gasteiger partial charge in [0.15, 0.2) is 5.82 Å². The number of nitrogens with one attached hydrogen (secondary N) is 1. The molecule has 152 valence electrons. The third-order valence-electron chi connectivity index (χ3n) is 4.77. The van der Waals surface area contributed by atoms with E-state index in [1.807, 2.05) is 36.7 Å². The fourth-order valence-electron chi connectivity index (χ4n) is 3.22. The van der Waals surface area contributed by atoms with Crippen molar-refractivity contribution in [2.45, 2.75) is 53.0 Å². The highest BCUT2D eigenvalue weighted by Crippen LogP contribution is 2.15. The number of hydrogen-bond donors (Lipinski definition) is 1. The predicted octanol–water partition coefficient (Wildman–Crippen LogP) is 4.83. The number of hydrogen-bond acceptors (Lipinski definition) is 3. The van der Waals surface area contributed by atoms with Gasteiger partial charge in [-0.25, -0.2) is 0 Å². The van der Waals surface area contributed by atoms with E-state index in [4.69, 9.17) is 0 Å². The Balaban J connectivity index is 1.53. The summed E-state index contributed by atoms with van der Waals surface area (Å²) in [5.41, 5.74) is 4.47. The maximum atomic E-state index is 12.3. The Hall–Kier alpha value is -2.95. The smallest absolute Gasteiger partial charge is 0.229 e. The number of anilines is 1. The van der Waals surface area contributed by atoms with Crippen molar-refractivity contribution in [1.29, 1.82) is 0 Å². The molecule has 0 aliphatic rings. The summed E-state index contributed by atoms with van der Waals surface area (Å²) in [6.07, 6.45) is 5.17. The average Bonchev–Trinajstić information content (AvgIpc) is 3.10. The van der Waals surface area contributed by atoms with Gasteiger partial charge in [0, 0.05) is 18.5 Å². The minimum atomic E-state index is -0.0660. The molecule has 3 rings (SSSR count). The maximum absolute atomic E-state index is 12.3. The third kappa shape index (κ3) is 6.28. The Morgan fingerprint density at radius 1 is 1.00 bits per heavy atom. The summed E-state index contributed by atoms with van der Waals surface area (Å²) >= 11 is 0. The molecule has 0 aliphatic heterocycles. The molecular weight excluding hydrogens is 360 g/mol. The lowest BCUT2D eigenvalue weighted by Gasteiger charge is -2.07. The average molecular weight is 391 g/mol. The summed E-state index contributed by atoms with van der Waals surface area (Å²) < 4.78 is 1.79. The first-order valence-electron chi connectivity index (χ1n) is 10.2. The highest BCUT2D eigenvalue weighted by molar-refractivity contribution is 5.91. The second-order valence-electron chi connectivity index (χ2n) is 8.28. The van der Waals surface area contributed by atoms with Crippen molar-refractivity contribution in [2.24, 2.45) is 5.92 Å². The van der Waals surface area contributed by atoms with Gasteiger partial charge >= 0.3 is 0 Å². The quantitative estimate of drug-likeness (QED) is 0.599. The van der Waals surface area contributed by atoms with Crippen LogP contribution in [-0.2, 0) is 24.2 Å². The third-order valence-corrected chi connectivity index (χ3v) is 4.77. The monoisotopic (exact) mass is 390 g/mol. The second kappa shape index (κ2) is 9.50. The van der Waals surface area contributed by atoms with Gasteiger partial charge in [-0.3, -0.25) is 14.5 Å². The lowest BCUT2D eigenvalue weighted by molar-refractivity contribution is -0.115. The van der Waals surface area contributed by atoms with Gasteiger partial charge in [0.05, 0.1) is 18.7 Å². The van der Waals surface area contributed by atoms with E-state index < -0.39 is 0 Å². The van der Waals surface area contributed by atoms with Crippen molar-refractivity contribution in [3.05, 3.63) is 77.2 Å². The van der Waals surface area contributed by atoms with Crippen LogP contribution in [0.3, 0.4) is 0 Å². The van der Waals surface area contributed by atoms with E-state index in [1.165, 1.54) is 11.1 Å². The van der Waals surface area contributed by atoms with Crippen LogP contribution < -0.4 is 5.32 Å². The normalized spacial score (nSPS) is 11.2. The molecule has 0 bridgehead atoms. The van der Waals surface area contributed by atoms with Gasteiger partial charge in [-0.1, -0.05) is 58.0 Å². The highest BCUT2D eigenvalue weighted by atomic mass is 16.1. The fourth-order valence-corrected chi connectivity index (χ4v) is 3.22. The summed E-state index contributed by atoms with van der Waals surface area (Å²) in [6.45, 7) is 9.30. The molecule has 2 aromatic heterocycles. The van der Waals surface area contributed by atoms with Crippen LogP contribution in [0.5, 0.6) is 0 Å². The van der Waals surface area contributed by atoms with Gasteiger partial charge in [-0.15, -0.1) is 0 Å². The van der Waals surface area contributed by atoms with E-state index in [-0.39, 0.29) is 5.91 Å². The second-order valence-corrected chi connectivity index (χ2v) is 8.28. The maximum Gasteiger partial charge on any atom is 0.229 e. The number of rotatable bonds is 8. The summed E-state index contributed by atoms with van der Waals surface area (Å²) in [6, 6.07) is 14.2. The SMILES string of the molecule is CC(C)Cc1ccc(Cn2ccc(NC(=O)Cc3ccc(C(C)C)cc3)n2)nc1. The molecule has 0 atom stereocenters. The first-order valence-corrected chi connectivity index (χ1v) is 10.2. The number of nitrogens with zero attached hydrogens (tertiary/aromatic N) is 3. The zero-order valence-corrected chi connectivity index (χ0v) is 17.7. The predicted molar refractivity (Wildman–Crippen MR) is 117 cm³/mol. The van der Waals surface area contributed by atoms with Gasteiger partial charge in [0.25, 0.3) is 0 Å². The molecule has 29 heavy (non-hydrogen) atoms. The number of carbonyl (C=O) groups is 1. The van der Waals surface area contributed by atoms with Crippen molar-refractivity contribution in [3.8, 4) is 0 Å².